The summed E-state index contributed by atoms with van der Waals surface area (Å²) in [7, 11) is 0. The lowest BCUT2D eigenvalue weighted by Crippen LogP contribution is -2.32. The zero-order valence-corrected chi connectivity index (χ0v) is 13.0. The van der Waals surface area contributed by atoms with E-state index in [1.807, 2.05) is 29.8 Å². The third kappa shape index (κ3) is 2.25. The molecule has 1 aromatic carbocycles. The average molecular weight is 348 g/mol. The van der Waals surface area contributed by atoms with E-state index in [1.54, 1.807) is 6.07 Å². The first kappa shape index (κ1) is 13.9. The second-order valence-corrected chi connectivity index (χ2v) is 5.89. The van der Waals surface area contributed by atoms with Crippen molar-refractivity contribution < 1.29 is 9.59 Å². The highest BCUT2D eigenvalue weighted by Gasteiger charge is 2.24. The summed E-state index contributed by atoms with van der Waals surface area (Å²) in [4.78, 5) is 23.2. The third-order valence-corrected chi connectivity index (χ3v) is 4.32. The van der Waals surface area contributed by atoms with Crippen molar-refractivity contribution in [1.29, 1.82) is 0 Å². The Hall–Kier alpha value is -2.08. The molecule has 6 heteroatoms. The molecule has 3 rings (SSSR count). The van der Waals surface area contributed by atoms with Crippen LogP contribution in [-0.2, 0) is 6.42 Å². The van der Waals surface area contributed by atoms with E-state index >= 15 is 0 Å². The summed E-state index contributed by atoms with van der Waals surface area (Å²) >= 11 is 3.37. The minimum atomic E-state index is -0.474. The third-order valence-electron chi connectivity index (χ3n) is 3.67. The van der Waals surface area contributed by atoms with E-state index in [9.17, 15) is 9.59 Å². The van der Waals surface area contributed by atoms with Crippen molar-refractivity contribution in [3.8, 4) is 5.69 Å². The fraction of sp³-hybridized carbons (Fsp3) is 0.200. The van der Waals surface area contributed by atoms with Gasteiger partial charge in [-0.1, -0.05) is 0 Å². The molecule has 0 saturated heterocycles. The molecular weight excluding hydrogens is 334 g/mol. The second-order valence-electron chi connectivity index (χ2n) is 5.04. The molecule has 0 radical (unpaired) electrons. The lowest BCUT2D eigenvalue weighted by atomic mass is 10.1. The molecule has 2 heterocycles. The number of nitrogens with zero attached hydrogens (tertiary/aromatic N) is 1. The first-order valence-corrected chi connectivity index (χ1v) is 7.37. The van der Waals surface area contributed by atoms with Gasteiger partial charge in [0.15, 0.2) is 0 Å². The maximum Gasteiger partial charge on any atom is 0.253 e. The van der Waals surface area contributed by atoms with E-state index in [4.69, 9.17) is 5.73 Å². The summed E-state index contributed by atoms with van der Waals surface area (Å²) in [5.41, 5.74) is 9.33. The van der Waals surface area contributed by atoms with Gasteiger partial charge in [0.2, 0.25) is 5.91 Å². The van der Waals surface area contributed by atoms with Crippen LogP contribution in [0.5, 0.6) is 0 Å². The number of primary amides is 1. The van der Waals surface area contributed by atoms with Gasteiger partial charge < -0.3 is 15.6 Å². The van der Waals surface area contributed by atoms with Crippen molar-refractivity contribution in [3.05, 3.63) is 51.3 Å². The van der Waals surface area contributed by atoms with Gasteiger partial charge in [-0.3, -0.25) is 9.59 Å². The molecule has 1 aromatic heterocycles. The van der Waals surface area contributed by atoms with Crippen LogP contribution in [0.2, 0.25) is 0 Å². The van der Waals surface area contributed by atoms with Crippen molar-refractivity contribution in [2.45, 2.75) is 13.3 Å². The average Bonchev–Trinajstić information content (AvgIpc) is 2.77. The lowest BCUT2D eigenvalue weighted by Gasteiger charge is -2.17. The van der Waals surface area contributed by atoms with Gasteiger partial charge in [0.05, 0.1) is 11.1 Å². The Morgan fingerprint density at radius 2 is 2.19 bits per heavy atom. The smallest absolute Gasteiger partial charge is 0.253 e. The lowest BCUT2D eigenvalue weighted by molar-refractivity contribution is 0.0944. The molecule has 0 aliphatic carbocycles. The number of aryl methyl sites for hydroxylation is 1. The summed E-state index contributed by atoms with van der Waals surface area (Å²) in [5.74, 6) is -0.501. The number of aromatic nitrogens is 1. The number of nitrogens with one attached hydrogen (secondary N) is 1. The molecule has 0 fully saturated rings. The zero-order valence-electron chi connectivity index (χ0n) is 11.4. The standard InChI is InChI=1S/C15H14BrN3O2/c1-8-7-19(12-4-5-18-15(21)13(8)12)9-2-3-10(14(17)20)11(16)6-9/h2-3,6-7H,4-5H2,1H3,(H2,17,20)(H,18,21). The number of nitrogens with two attached hydrogens (primary N) is 1. The summed E-state index contributed by atoms with van der Waals surface area (Å²) in [6, 6.07) is 5.36. The number of fused-ring (bicyclic) bond motifs is 1. The molecule has 21 heavy (non-hydrogen) atoms. The largest absolute Gasteiger partial charge is 0.366 e. The predicted octanol–water partition coefficient (Wildman–Crippen LogP) is 1.93. The number of carbonyl (C=O) groups excluding carboxylic acids is 2. The van der Waals surface area contributed by atoms with Crippen molar-refractivity contribution in [3.63, 3.8) is 0 Å². The molecule has 0 saturated carbocycles. The molecule has 0 atom stereocenters. The van der Waals surface area contributed by atoms with Gasteiger partial charge in [0.25, 0.3) is 5.91 Å². The van der Waals surface area contributed by atoms with Crippen LogP contribution >= 0.6 is 15.9 Å². The number of carbonyl (C=O) groups is 2. The minimum absolute atomic E-state index is 0.0275. The Labute approximate surface area is 130 Å². The Bertz CT molecular complexity index is 765. The summed E-state index contributed by atoms with van der Waals surface area (Å²) < 4.78 is 2.65. The summed E-state index contributed by atoms with van der Waals surface area (Å²) in [6.07, 6.45) is 2.73. The molecule has 0 spiro atoms. The van der Waals surface area contributed by atoms with Crippen molar-refractivity contribution in [2.24, 2.45) is 5.73 Å². The topological polar surface area (TPSA) is 77.1 Å². The molecule has 1 aliphatic heterocycles. The van der Waals surface area contributed by atoms with Crippen LogP contribution in [0.25, 0.3) is 5.69 Å². The van der Waals surface area contributed by atoms with E-state index in [2.05, 4.69) is 21.2 Å². The number of rotatable bonds is 2. The van der Waals surface area contributed by atoms with E-state index < -0.39 is 5.91 Å². The zero-order chi connectivity index (χ0) is 15.1. The Balaban J connectivity index is 2.14. The summed E-state index contributed by atoms with van der Waals surface area (Å²) in [5, 5.41) is 2.86. The van der Waals surface area contributed by atoms with Crippen LogP contribution in [0.15, 0.2) is 28.9 Å². The highest BCUT2D eigenvalue weighted by molar-refractivity contribution is 9.10. The maximum atomic E-state index is 12.0. The van der Waals surface area contributed by atoms with Gasteiger partial charge in [0, 0.05) is 35.0 Å². The molecule has 108 valence electrons. The van der Waals surface area contributed by atoms with Crippen molar-refractivity contribution in [2.75, 3.05) is 6.54 Å². The number of amides is 2. The number of benzene rings is 1. The van der Waals surface area contributed by atoms with E-state index in [0.717, 1.165) is 28.9 Å². The highest BCUT2D eigenvalue weighted by Crippen LogP contribution is 2.27. The van der Waals surface area contributed by atoms with Gasteiger partial charge in [-0.15, -0.1) is 0 Å². The van der Waals surface area contributed by atoms with E-state index in [-0.39, 0.29) is 5.91 Å². The van der Waals surface area contributed by atoms with Crippen LogP contribution in [0.4, 0.5) is 0 Å². The molecule has 0 unspecified atom stereocenters. The van der Waals surface area contributed by atoms with Gasteiger partial charge in [-0.2, -0.15) is 0 Å². The Morgan fingerprint density at radius 3 is 2.86 bits per heavy atom. The molecular formula is C15H14BrN3O2. The predicted molar refractivity (Wildman–Crippen MR) is 82.8 cm³/mol. The van der Waals surface area contributed by atoms with Gasteiger partial charge in [-0.25, -0.2) is 0 Å². The number of hydrogen-bond donors (Lipinski definition) is 2. The van der Waals surface area contributed by atoms with Crippen LogP contribution < -0.4 is 11.1 Å². The Morgan fingerprint density at radius 1 is 1.43 bits per heavy atom. The normalized spacial score (nSPS) is 13.7. The van der Waals surface area contributed by atoms with E-state index in [0.29, 0.717) is 16.6 Å². The number of halogens is 1. The second kappa shape index (κ2) is 5.04. The Kier molecular flexibility index (Phi) is 3.33. The van der Waals surface area contributed by atoms with Crippen molar-refractivity contribution >= 4 is 27.7 Å². The SMILES string of the molecule is Cc1cn(-c2ccc(C(N)=O)c(Br)c2)c2c1C(=O)NCC2. The fourth-order valence-electron chi connectivity index (χ4n) is 2.71. The highest BCUT2D eigenvalue weighted by atomic mass is 79.9. The molecule has 0 bridgehead atoms. The quantitative estimate of drug-likeness (QED) is 0.870. The first-order chi connectivity index (χ1) is 9.99. The van der Waals surface area contributed by atoms with Crippen LogP contribution in [0, 0.1) is 6.92 Å². The van der Waals surface area contributed by atoms with Gasteiger partial charge in [-0.05, 0) is 46.6 Å². The molecule has 2 aromatic rings. The van der Waals surface area contributed by atoms with Crippen LogP contribution in [0.3, 0.4) is 0 Å². The minimum Gasteiger partial charge on any atom is -0.366 e. The first-order valence-electron chi connectivity index (χ1n) is 6.58. The van der Waals surface area contributed by atoms with Gasteiger partial charge >= 0.3 is 0 Å². The van der Waals surface area contributed by atoms with Gasteiger partial charge in [0.1, 0.15) is 0 Å². The maximum absolute atomic E-state index is 12.0. The summed E-state index contributed by atoms with van der Waals surface area (Å²) in [6.45, 7) is 2.56. The van der Waals surface area contributed by atoms with Crippen LogP contribution in [0.1, 0.15) is 32.0 Å². The number of hydrogen-bond acceptors (Lipinski definition) is 2. The van der Waals surface area contributed by atoms with E-state index in [1.165, 1.54) is 0 Å². The van der Waals surface area contributed by atoms with Crippen LogP contribution in [-0.4, -0.2) is 22.9 Å². The van der Waals surface area contributed by atoms with Crippen molar-refractivity contribution in [1.82, 2.24) is 9.88 Å². The monoisotopic (exact) mass is 347 g/mol. The molecule has 5 nitrogen and oxygen atoms in total. The fourth-order valence-corrected chi connectivity index (χ4v) is 3.27. The molecule has 1 aliphatic rings. The molecule has 2 amide bonds. The molecule has 3 N–H and O–H groups in total.